The number of imidazole rings is 1. The van der Waals surface area contributed by atoms with Crippen LogP contribution in [0.2, 0.25) is 0 Å². The molecule has 2 aromatic rings. The van der Waals surface area contributed by atoms with Gasteiger partial charge in [0, 0.05) is 18.9 Å². The van der Waals surface area contributed by atoms with Crippen LogP contribution in [0.1, 0.15) is 6.42 Å². The summed E-state index contributed by atoms with van der Waals surface area (Å²) in [5.41, 5.74) is 5.97. The van der Waals surface area contributed by atoms with Crippen molar-refractivity contribution in [2.75, 3.05) is 17.6 Å². The van der Waals surface area contributed by atoms with Crippen LogP contribution < -0.4 is 11.1 Å². The highest BCUT2D eigenvalue weighted by atomic mass is 19.4. The van der Waals surface area contributed by atoms with Gasteiger partial charge in [0.05, 0.1) is 12.6 Å². The second kappa shape index (κ2) is 4.11. The van der Waals surface area contributed by atoms with Crippen molar-refractivity contribution in [3.8, 4) is 0 Å². The fourth-order valence-corrected chi connectivity index (χ4v) is 1.39. The number of rotatable bonds is 3. The van der Waals surface area contributed by atoms with Crippen molar-refractivity contribution < 1.29 is 13.2 Å². The molecule has 0 amide bonds. The molecule has 3 N–H and O–H groups in total. The normalized spacial score (nSPS) is 11.9. The number of halogens is 3. The average Bonchev–Trinajstić information content (AvgIpc) is 2.63. The van der Waals surface area contributed by atoms with Crippen molar-refractivity contribution in [1.29, 1.82) is 0 Å². The van der Waals surface area contributed by atoms with Crippen LogP contribution in [0.4, 0.5) is 24.8 Å². The molecule has 8 heteroatoms. The van der Waals surface area contributed by atoms with E-state index in [0.29, 0.717) is 5.65 Å². The topological polar surface area (TPSA) is 68.2 Å². The highest BCUT2D eigenvalue weighted by molar-refractivity contribution is 5.64. The maximum absolute atomic E-state index is 12.0. The van der Waals surface area contributed by atoms with E-state index in [0.717, 1.165) is 0 Å². The van der Waals surface area contributed by atoms with Crippen molar-refractivity contribution in [2.24, 2.45) is 0 Å². The Morgan fingerprint density at radius 3 is 2.88 bits per heavy atom. The lowest BCUT2D eigenvalue weighted by Gasteiger charge is -2.09. The first kappa shape index (κ1) is 11.5. The van der Waals surface area contributed by atoms with E-state index in [2.05, 4.69) is 15.3 Å². The fourth-order valence-electron chi connectivity index (χ4n) is 1.39. The monoisotopic (exact) mass is 245 g/mol. The van der Waals surface area contributed by atoms with Crippen molar-refractivity contribution in [1.82, 2.24) is 14.4 Å². The number of hydrogen-bond donors (Lipinski definition) is 2. The van der Waals surface area contributed by atoms with Gasteiger partial charge in [0.1, 0.15) is 5.82 Å². The molecule has 0 aromatic carbocycles. The number of nitrogens with zero attached hydrogens (tertiary/aromatic N) is 3. The largest absolute Gasteiger partial charge is 0.390 e. The Morgan fingerprint density at radius 2 is 2.18 bits per heavy atom. The van der Waals surface area contributed by atoms with Crippen molar-refractivity contribution >= 4 is 17.3 Å². The Morgan fingerprint density at radius 1 is 1.41 bits per heavy atom. The molecular weight excluding hydrogens is 235 g/mol. The zero-order chi connectivity index (χ0) is 12.5. The molecule has 0 saturated heterocycles. The molecule has 92 valence electrons. The molecule has 2 rings (SSSR count). The van der Waals surface area contributed by atoms with Gasteiger partial charge in [0.2, 0.25) is 0 Å². The minimum Gasteiger partial charge on any atom is -0.382 e. The Labute approximate surface area is 94.5 Å². The standard InChI is InChI=1S/C9H10F3N5/c10-9(11,12)1-2-14-7-8-15-3-4-17(8)5-6(13)16-7/h3-5H,1-2,13H2,(H,14,16). The molecular formula is C9H10F3N5. The molecule has 0 fully saturated rings. The molecule has 0 saturated carbocycles. The van der Waals surface area contributed by atoms with E-state index in [1.807, 2.05) is 0 Å². The van der Waals surface area contributed by atoms with E-state index >= 15 is 0 Å². The summed E-state index contributed by atoms with van der Waals surface area (Å²) >= 11 is 0. The molecule has 2 heterocycles. The quantitative estimate of drug-likeness (QED) is 0.863. The van der Waals surface area contributed by atoms with E-state index < -0.39 is 12.6 Å². The van der Waals surface area contributed by atoms with Gasteiger partial charge in [-0.1, -0.05) is 0 Å². The smallest absolute Gasteiger partial charge is 0.382 e. The van der Waals surface area contributed by atoms with Crippen LogP contribution in [0.3, 0.4) is 0 Å². The Hall–Kier alpha value is -1.99. The molecule has 17 heavy (non-hydrogen) atoms. The summed E-state index contributed by atoms with van der Waals surface area (Å²) < 4.78 is 37.6. The van der Waals surface area contributed by atoms with Crippen LogP contribution >= 0.6 is 0 Å². The minimum absolute atomic E-state index is 0.213. The SMILES string of the molecule is Nc1cn2ccnc2c(NCCC(F)(F)F)n1. The lowest BCUT2D eigenvalue weighted by molar-refractivity contribution is -0.131. The summed E-state index contributed by atoms with van der Waals surface area (Å²) in [5, 5.41) is 2.58. The summed E-state index contributed by atoms with van der Waals surface area (Å²) in [6.07, 6.45) is -0.430. The number of anilines is 2. The van der Waals surface area contributed by atoms with Crippen LogP contribution in [0.5, 0.6) is 0 Å². The summed E-state index contributed by atoms with van der Waals surface area (Å²) in [4.78, 5) is 7.89. The molecule has 0 radical (unpaired) electrons. The minimum atomic E-state index is -4.20. The first-order valence-electron chi connectivity index (χ1n) is 4.85. The lowest BCUT2D eigenvalue weighted by Crippen LogP contribution is -2.16. The zero-order valence-corrected chi connectivity index (χ0v) is 8.70. The zero-order valence-electron chi connectivity index (χ0n) is 8.70. The van der Waals surface area contributed by atoms with Crippen molar-refractivity contribution in [3.63, 3.8) is 0 Å². The van der Waals surface area contributed by atoms with Crippen LogP contribution in [0, 0.1) is 0 Å². The molecule has 0 aliphatic rings. The summed E-state index contributed by atoms with van der Waals surface area (Å²) in [6.45, 7) is -0.261. The number of fused-ring (bicyclic) bond motifs is 1. The van der Waals surface area contributed by atoms with Gasteiger partial charge in [-0.05, 0) is 0 Å². The first-order valence-corrected chi connectivity index (χ1v) is 4.85. The van der Waals surface area contributed by atoms with Gasteiger partial charge in [0.25, 0.3) is 0 Å². The molecule has 0 atom stereocenters. The summed E-state index contributed by atoms with van der Waals surface area (Å²) in [5.74, 6) is 0.462. The van der Waals surface area contributed by atoms with Crippen LogP contribution in [-0.4, -0.2) is 27.1 Å². The molecule has 0 spiro atoms. The Bertz CT molecular complexity index is 519. The van der Waals surface area contributed by atoms with Crippen LogP contribution in [0.15, 0.2) is 18.6 Å². The fraction of sp³-hybridized carbons (Fsp3) is 0.333. The third-order valence-electron chi connectivity index (χ3n) is 2.09. The highest BCUT2D eigenvalue weighted by Gasteiger charge is 2.26. The molecule has 0 unspecified atom stereocenters. The van der Waals surface area contributed by atoms with E-state index in [1.54, 1.807) is 10.6 Å². The van der Waals surface area contributed by atoms with Gasteiger partial charge in [-0.25, -0.2) is 9.97 Å². The van der Waals surface area contributed by atoms with Gasteiger partial charge in [-0.15, -0.1) is 0 Å². The molecule has 0 bridgehead atoms. The van der Waals surface area contributed by atoms with Crippen LogP contribution in [-0.2, 0) is 0 Å². The van der Waals surface area contributed by atoms with Crippen molar-refractivity contribution in [3.05, 3.63) is 18.6 Å². The van der Waals surface area contributed by atoms with E-state index in [9.17, 15) is 13.2 Å². The molecule has 5 nitrogen and oxygen atoms in total. The number of hydrogen-bond acceptors (Lipinski definition) is 4. The van der Waals surface area contributed by atoms with Gasteiger partial charge >= 0.3 is 6.18 Å². The number of nitrogen functional groups attached to an aromatic ring is 1. The summed E-state index contributed by atoms with van der Waals surface area (Å²) in [6, 6.07) is 0. The predicted octanol–water partition coefficient (Wildman–Crippen LogP) is 1.68. The van der Waals surface area contributed by atoms with E-state index in [1.165, 1.54) is 12.4 Å². The second-order valence-corrected chi connectivity index (χ2v) is 3.46. The van der Waals surface area contributed by atoms with Gasteiger partial charge < -0.3 is 15.5 Å². The number of nitrogens with one attached hydrogen (secondary N) is 1. The Balaban J connectivity index is 2.15. The Kier molecular flexibility index (Phi) is 2.78. The predicted molar refractivity (Wildman–Crippen MR) is 56.6 cm³/mol. The molecule has 0 aliphatic carbocycles. The second-order valence-electron chi connectivity index (χ2n) is 3.46. The molecule has 2 aromatic heterocycles. The van der Waals surface area contributed by atoms with E-state index in [-0.39, 0.29) is 18.2 Å². The van der Waals surface area contributed by atoms with Crippen LogP contribution in [0.25, 0.3) is 5.65 Å². The lowest BCUT2D eigenvalue weighted by atomic mass is 10.4. The number of aromatic nitrogens is 3. The first-order chi connectivity index (χ1) is 7.96. The maximum Gasteiger partial charge on any atom is 0.390 e. The third-order valence-corrected chi connectivity index (χ3v) is 2.09. The number of nitrogens with two attached hydrogens (primary N) is 1. The van der Waals surface area contributed by atoms with Gasteiger partial charge in [-0.2, -0.15) is 13.2 Å². The molecule has 0 aliphatic heterocycles. The van der Waals surface area contributed by atoms with Gasteiger partial charge in [-0.3, -0.25) is 0 Å². The van der Waals surface area contributed by atoms with E-state index in [4.69, 9.17) is 5.73 Å². The highest BCUT2D eigenvalue weighted by Crippen LogP contribution is 2.20. The van der Waals surface area contributed by atoms with Crippen molar-refractivity contribution in [2.45, 2.75) is 12.6 Å². The average molecular weight is 245 g/mol. The summed E-state index contributed by atoms with van der Waals surface area (Å²) in [7, 11) is 0. The third kappa shape index (κ3) is 2.77. The maximum atomic E-state index is 12.0. The van der Waals surface area contributed by atoms with Gasteiger partial charge in [0.15, 0.2) is 11.5 Å². The number of alkyl halides is 3.